The molecule has 0 aliphatic carbocycles. The first-order valence-corrected chi connectivity index (χ1v) is 11.8. The minimum Gasteiger partial charge on any atom is -0.457 e. The molecule has 3 rings (SSSR count). The number of hydrogen-bond donors (Lipinski definition) is 1. The summed E-state index contributed by atoms with van der Waals surface area (Å²) in [6.07, 6.45) is 0. The van der Waals surface area contributed by atoms with Crippen molar-refractivity contribution in [3.05, 3.63) is 54.6 Å². The minimum atomic E-state index is -3.63. The molecule has 1 atom stereocenters. The molecule has 158 valence electrons. The van der Waals surface area contributed by atoms with Crippen LogP contribution in [-0.2, 0) is 14.8 Å². The Morgan fingerprint density at radius 1 is 1.07 bits per heavy atom. The monoisotopic (exact) mass is 436 g/mol. The fourth-order valence-corrected chi connectivity index (χ4v) is 5.10. The van der Waals surface area contributed by atoms with Gasteiger partial charge in [0.05, 0.1) is 18.1 Å². The van der Waals surface area contributed by atoms with E-state index in [0.29, 0.717) is 43.6 Å². The van der Waals surface area contributed by atoms with E-state index in [0.717, 1.165) is 13.1 Å². The van der Waals surface area contributed by atoms with E-state index in [2.05, 4.69) is 17.5 Å². The molecule has 29 heavy (non-hydrogen) atoms. The molecule has 0 radical (unpaired) electrons. The van der Waals surface area contributed by atoms with Crippen LogP contribution in [0, 0.1) is 0 Å². The van der Waals surface area contributed by atoms with Crippen LogP contribution in [-0.4, -0.2) is 68.8 Å². The molecule has 0 amide bonds. The molecule has 0 bridgehead atoms. The highest BCUT2D eigenvalue weighted by molar-refractivity contribution is 7.89. The van der Waals surface area contributed by atoms with Gasteiger partial charge in [-0.1, -0.05) is 18.2 Å². The first-order valence-electron chi connectivity index (χ1n) is 9.76. The molecule has 0 unspecified atom stereocenters. The molecular formula is C21H28N2O4S2. The predicted octanol–water partition coefficient (Wildman–Crippen LogP) is 3.12. The molecule has 8 heteroatoms. The summed E-state index contributed by atoms with van der Waals surface area (Å²) in [5, 5.41) is 0. The Morgan fingerprint density at radius 2 is 1.69 bits per heavy atom. The molecule has 0 N–H and O–H groups in total. The Balaban J connectivity index is 1.72. The number of benzene rings is 2. The molecule has 1 heterocycles. The average Bonchev–Trinajstić information content (AvgIpc) is 2.75. The first-order chi connectivity index (χ1) is 14.0. The molecule has 6 nitrogen and oxygen atoms in total. The Kier molecular flexibility index (Phi) is 7.97. The van der Waals surface area contributed by atoms with Gasteiger partial charge in [-0.2, -0.15) is 16.9 Å². The molecule has 0 spiro atoms. The maximum Gasteiger partial charge on any atom is 0.243 e. The van der Waals surface area contributed by atoms with Gasteiger partial charge in [-0.15, -0.1) is 0 Å². The topological polar surface area (TPSA) is 59.1 Å². The van der Waals surface area contributed by atoms with Crippen molar-refractivity contribution in [1.82, 2.24) is 9.21 Å². The van der Waals surface area contributed by atoms with Gasteiger partial charge in [0.15, 0.2) is 0 Å². The van der Waals surface area contributed by atoms with Crippen molar-refractivity contribution in [3.8, 4) is 11.5 Å². The van der Waals surface area contributed by atoms with Crippen molar-refractivity contribution in [2.45, 2.75) is 17.9 Å². The second-order valence-corrected chi connectivity index (χ2v) is 9.24. The lowest BCUT2D eigenvalue weighted by molar-refractivity contribution is 0.0357. The lowest BCUT2D eigenvalue weighted by atomic mass is 10.3. The first kappa shape index (κ1) is 22.1. The Bertz CT molecular complexity index is 854. The number of para-hydroxylation sites is 1. The van der Waals surface area contributed by atoms with E-state index in [1.807, 2.05) is 37.3 Å². The fraction of sp³-hybridized carbons (Fsp3) is 0.429. The number of thiol groups is 1. The SMILES string of the molecule is C[C@H](CS)N(CCN1CCOCC1)S(=O)(=O)c1ccc(Oc2ccccc2)cc1. The number of ether oxygens (including phenoxy) is 2. The van der Waals surface area contributed by atoms with Crippen LogP contribution >= 0.6 is 12.6 Å². The van der Waals surface area contributed by atoms with Crippen molar-refractivity contribution in [2.24, 2.45) is 0 Å². The van der Waals surface area contributed by atoms with Crippen LogP contribution in [0.1, 0.15) is 6.92 Å². The third-order valence-electron chi connectivity index (χ3n) is 4.91. The van der Waals surface area contributed by atoms with Crippen molar-refractivity contribution in [1.29, 1.82) is 0 Å². The molecule has 1 aliphatic heterocycles. The maximum atomic E-state index is 13.3. The van der Waals surface area contributed by atoms with E-state index in [-0.39, 0.29) is 10.9 Å². The van der Waals surface area contributed by atoms with Gasteiger partial charge in [0.25, 0.3) is 0 Å². The molecule has 2 aromatic rings. The van der Waals surface area contributed by atoms with Crippen molar-refractivity contribution in [2.75, 3.05) is 45.1 Å². The summed E-state index contributed by atoms with van der Waals surface area (Å²) in [7, 11) is -3.63. The molecule has 2 aromatic carbocycles. The van der Waals surface area contributed by atoms with Gasteiger partial charge in [-0.3, -0.25) is 4.90 Å². The summed E-state index contributed by atoms with van der Waals surface area (Å²) in [5.41, 5.74) is 0. The summed E-state index contributed by atoms with van der Waals surface area (Å²) in [6.45, 7) is 6.03. The molecular weight excluding hydrogens is 408 g/mol. The summed E-state index contributed by atoms with van der Waals surface area (Å²) in [4.78, 5) is 2.49. The van der Waals surface area contributed by atoms with Crippen LogP contribution in [0.3, 0.4) is 0 Å². The predicted molar refractivity (Wildman–Crippen MR) is 117 cm³/mol. The Hall–Kier alpha value is -1.58. The number of hydrogen-bond acceptors (Lipinski definition) is 6. The van der Waals surface area contributed by atoms with E-state index >= 15 is 0 Å². The van der Waals surface area contributed by atoms with E-state index < -0.39 is 10.0 Å². The summed E-state index contributed by atoms with van der Waals surface area (Å²) in [5.74, 6) is 1.76. The third kappa shape index (κ3) is 5.96. The Labute approximate surface area is 178 Å². The van der Waals surface area contributed by atoms with Crippen molar-refractivity contribution < 1.29 is 17.9 Å². The fourth-order valence-electron chi connectivity index (χ4n) is 3.17. The highest BCUT2D eigenvalue weighted by Crippen LogP contribution is 2.25. The zero-order valence-electron chi connectivity index (χ0n) is 16.6. The summed E-state index contributed by atoms with van der Waals surface area (Å²) in [6, 6.07) is 15.8. The smallest absolute Gasteiger partial charge is 0.243 e. The normalized spacial score (nSPS) is 16.7. The lowest BCUT2D eigenvalue weighted by Crippen LogP contribution is -2.46. The summed E-state index contributed by atoms with van der Waals surface area (Å²) >= 11 is 4.33. The standard InChI is InChI=1S/C21H28N2O4S2/c1-18(17-28)23(12-11-22-13-15-26-16-14-22)29(24,25)21-9-7-20(8-10-21)27-19-5-3-2-4-6-19/h2-10,18,28H,11-17H2,1H3/t18-/m1/s1. The third-order valence-corrected chi connectivity index (χ3v) is 7.46. The average molecular weight is 437 g/mol. The van der Waals surface area contributed by atoms with Gasteiger partial charge >= 0.3 is 0 Å². The van der Waals surface area contributed by atoms with E-state index in [1.54, 1.807) is 28.6 Å². The van der Waals surface area contributed by atoms with Crippen LogP contribution < -0.4 is 4.74 Å². The zero-order valence-corrected chi connectivity index (χ0v) is 18.3. The van der Waals surface area contributed by atoms with Crippen molar-refractivity contribution in [3.63, 3.8) is 0 Å². The number of sulfonamides is 1. The summed E-state index contributed by atoms with van der Waals surface area (Å²) < 4.78 is 39.2. The van der Waals surface area contributed by atoms with Crippen LogP contribution in [0.5, 0.6) is 11.5 Å². The second kappa shape index (κ2) is 10.4. The van der Waals surface area contributed by atoms with Crippen LogP contribution in [0.25, 0.3) is 0 Å². The molecule has 0 saturated carbocycles. The van der Waals surface area contributed by atoms with E-state index in [9.17, 15) is 8.42 Å². The van der Waals surface area contributed by atoms with Crippen molar-refractivity contribution >= 4 is 22.7 Å². The zero-order chi connectivity index (χ0) is 20.7. The van der Waals surface area contributed by atoms with Crippen LogP contribution in [0.15, 0.2) is 59.5 Å². The van der Waals surface area contributed by atoms with Crippen LogP contribution in [0.2, 0.25) is 0 Å². The molecule has 1 aliphatic rings. The largest absolute Gasteiger partial charge is 0.457 e. The Morgan fingerprint density at radius 3 is 2.31 bits per heavy atom. The maximum absolute atomic E-state index is 13.3. The van der Waals surface area contributed by atoms with E-state index in [1.165, 1.54) is 0 Å². The van der Waals surface area contributed by atoms with Gasteiger partial charge in [0.1, 0.15) is 11.5 Å². The second-order valence-electron chi connectivity index (χ2n) is 6.99. The van der Waals surface area contributed by atoms with Crippen LogP contribution in [0.4, 0.5) is 0 Å². The number of nitrogens with zero attached hydrogens (tertiary/aromatic N) is 2. The van der Waals surface area contributed by atoms with Gasteiger partial charge in [-0.05, 0) is 43.3 Å². The number of rotatable bonds is 9. The van der Waals surface area contributed by atoms with E-state index in [4.69, 9.17) is 9.47 Å². The number of morpholine rings is 1. The van der Waals surface area contributed by atoms with Gasteiger partial charge in [-0.25, -0.2) is 8.42 Å². The molecule has 0 aromatic heterocycles. The van der Waals surface area contributed by atoms with Gasteiger partial charge < -0.3 is 9.47 Å². The molecule has 1 saturated heterocycles. The highest BCUT2D eigenvalue weighted by Gasteiger charge is 2.29. The quantitative estimate of drug-likeness (QED) is 0.612. The molecule has 1 fully saturated rings. The lowest BCUT2D eigenvalue weighted by Gasteiger charge is -2.32. The van der Waals surface area contributed by atoms with Gasteiger partial charge in [0, 0.05) is 38.0 Å². The minimum absolute atomic E-state index is 0.204. The highest BCUT2D eigenvalue weighted by atomic mass is 32.2. The van der Waals surface area contributed by atoms with Gasteiger partial charge in [0.2, 0.25) is 10.0 Å².